The Morgan fingerprint density at radius 2 is 1.76 bits per heavy atom. The summed E-state index contributed by atoms with van der Waals surface area (Å²) in [6, 6.07) is 26.3. The minimum absolute atomic E-state index is 0.242. The summed E-state index contributed by atoms with van der Waals surface area (Å²) in [7, 11) is 1.65. The third-order valence-corrected chi connectivity index (χ3v) is 7.07. The number of aromatic amines is 1. The lowest BCUT2D eigenvalue weighted by atomic mass is 9.97. The van der Waals surface area contributed by atoms with Crippen LogP contribution in [0.3, 0.4) is 0 Å². The minimum atomic E-state index is -0.242. The molecule has 2 aromatic heterocycles. The molecule has 0 saturated carbocycles. The molecule has 0 aliphatic carbocycles. The molecule has 0 bridgehead atoms. The lowest BCUT2D eigenvalue weighted by molar-refractivity contribution is 0.294. The summed E-state index contributed by atoms with van der Waals surface area (Å²) < 4.78 is 7.42. The number of methoxy groups -OCH3 is 1. The van der Waals surface area contributed by atoms with Crippen LogP contribution < -0.4 is 10.3 Å². The monoisotopic (exact) mass is 503 g/mol. The second-order valence-corrected chi connectivity index (χ2v) is 9.56. The number of nitrogens with zero attached hydrogens (tertiary/aromatic N) is 4. The van der Waals surface area contributed by atoms with Crippen molar-refractivity contribution in [2.45, 2.75) is 19.9 Å². The van der Waals surface area contributed by atoms with Gasteiger partial charge in [0.05, 0.1) is 24.1 Å². The first-order valence-corrected chi connectivity index (χ1v) is 12.8. The van der Waals surface area contributed by atoms with Crippen LogP contribution in [-0.4, -0.2) is 44.8 Å². The summed E-state index contributed by atoms with van der Waals surface area (Å²) in [4.78, 5) is 23.5. The molecule has 6 rings (SSSR count). The molecule has 3 heterocycles. The highest BCUT2D eigenvalue weighted by atomic mass is 16.5. The van der Waals surface area contributed by atoms with E-state index in [1.165, 1.54) is 11.1 Å². The summed E-state index contributed by atoms with van der Waals surface area (Å²) in [6.45, 7) is 4.73. The molecule has 0 spiro atoms. The van der Waals surface area contributed by atoms with Gasteiger partial charge in [0, 0.05) is 19.6 Å². The number of benzene rings is 3. The fourth-order valence-corrected chi connectivity index (χ4v) is 5.09. The predicted octanol–water partition coefficient (Wildman–Crippen LogP) is 5.38. The fraction of sp³-hybridized carbons (Fsp3) is 0.194. The topological polar surface area (TPSA) is 76.0 Å². The van der Waals surface area contributed by atoms with Crippen molar-refractivity contribution in [1.82, 2.24) is 24.6 Å². The largest absolute Gasteiger partial charge is 0.496 e. The number of aryl methyl sites for hydroxylation is 1. The van der Waals surface area contributed by atoms with Crippen LogP contribution in [0.25, 0.3) is 33.7 Å². The van der Waals surface area contributed by atoms with Crippen LogP contribution >= 0.6 is 0 Å². The molecule has 0 unspecified atom stereocenters. The van der Waals surface area contributed by atoms with Gasteiger partial charge in [-0.05, 0) is 54.3 Å². The molecule has 1 N–H and O–H groups in total. The maximum absolute atomic E-state index is 13.2. The summed E-state index contributed by atoms with van der Waals surface area (Å²) in [5.41, 5.74) is 6.77. The van der Waals surface area contributed by atoms with Gasteiger partial charge in [0.2, 0.25) is 0 Å². The third-order valence-electron chi connectivity index (χ3n) is 7.07. The molecule has 3 aromatic carbocycles. The van der Waals surface area contributed by atoms with E-state index in [1.807, 2.05) is 49.4 Å². The lowest BCUT2D eigenvalue weighted by Gasteiger charge is -2.26. The highest BCUT2D eigenvalue weighted by molar-refractivity contribution is 5.81. The zero-order valence-electron chi connectivity index (χ0n) is 21.5. The van der Waals surface area contributed by atoms with Gasteiger partial charge in [-0.15, -0.1) is 0 Å². The number of fused-ring (bicyclic) bond motifs is 1. The molecule has 0 fully saturated rings. The van der Waals surface area contributed by atoms with E-state index >= 15 is 0 Å². The van der Waals surface area contributed by atoms with Gasteiger partial charge in [-0.3, -0.25) is 9.69 Å². The maximum atomic E-state index is 13.2. The molecule has 7 heteroatoms. The Balaban J connectivity index is 1.30. The van der Waals surface area contributed by atoms with Gasteiger partial charge < -0.3 is 9.72 Å². The van der Waals surface area contributed by atoms with E-state index in [0.717, 1.165) is 42.9 Å². The number of hydrogen-bond acceptors (Lipinski definition) is 5. The van der Waals surface area contributed by atoms with Crippen LogP contribution in [0.1, 0.15) is 23.2 Å². The van der Waals surface area contributed by atoms with Crippen molar-refractivity contribution in [3.05, 3.63) is 112 Å². The number of H-pyrrole nitrogens is 1. The zero-order valence-corrected chi connectivity index (χ0v) is 21.5. The maximum Gasteiger partial charge on any atom is 0.277 e. The standard InChI is InChI=1S/C31H29N5O2/c1-21-28-29(36(34-21)25-11-7-4-8-12-25)31(37)33-30(32-28)26-14-13-24(19-27(26)38-2)23-15-17-35(18-16-23)20-22-9-5-3-6-10-22/h3-15,19H,16-18,20H2,1-2H3,(H,32,33,37). The molecule has 1 aliphatic rings. The van der Waals surface area contributed by atoms with Crippen molar-refractivity contribution >= 4 is 16.6 Å². The highest BCUT2D eigenvalue weighted by Gasteiger charge is 2.19. The number of para-hydroxylation sites is 1. The first-order valence-electron chi connectivity index (χ1n) is 12.8. The van der Waals surface area contributed by atoms with Gasteiger partial charge in [0.15, 0.2) is 5.52 Å². The predicted molar refractivity (Wildman–Crippen MR) is 151 cm³/mol. The number of nitrogens with one attached hydrogen (secondary N) is 1. The van der Waals surface area contributed by atoms with Crippen LogP contribution in [0.15, 0.2) is 89.7 Å². The fourth-order valence-electron chi connectivity index (χ4n) is 5.09. The van der Waals surface area contributed by atoms with E-state index in [1.54, 1.807) is 11.8 Å². The van der Waals surface area contributed by atoms with Crippen LogP contribution in [0.4, 0.5) is 0 Å². The summed E-state index contributed by atoms with van der Waals surface area (Å²) in [6.07, 6.45) is 3.27. The molecule has 0 saturated heterocycles. The van der Waals surface area contributed by atoms with Crippen molar-refractivity contribution in [2.75, 3.05) is 20.2 Å². The quantitative estimate of drug-likeness (QED) is 0.337. The average molecular weight is 504 g/mol. The van der Waals surface area contributed by atoms with E-state index in [2.05, 4.69) is 57.5 Å². The molecule has 0 amide bonds. The molecule has 5 aromatic rings. The smallest absolute Gasteiger partial charge is 0.277 e. The van der Waals surface area contributed by atoms with Crippen molar-refractivity contribution in [2.24, 2.45) is 0 Å². The van der Waals surface area contributed by atoms with Gasteiger partial charge >= 0.3 is 0 Å². The molecule has 1 aliphatic heterocycles. The Morgan fingerprint density at radius 3 is 2.47 bits per heavy atom. The number of hydrogen-bond donors (Lipinski definition) is 1. The van der Waals surface area contributed by atoms with Gasteiger partial charge in [-0.1, -0.05) is 60.7 Å². The van der Waals surface area contributed by atoms with Crippen molar-refractivity contribution < 1.29 is 4.74 Å². The Hall–Kier alpha value is -4.49. The second-order valence-electron chi connectivity index (χ2n) is 9.56. The summed E-state index contributed by atoms with van der Waals surface area (Å²) >= 11 is 0. The van der Waals surface area contributed by atoms with Crippen molar-refractivity contribution in [3.8, 4) is 22.8 Å². The molecule has 190 valence electrons. The summed E-state index contributed by atoms with van der Waals surface area (Å²) in [5, 5.41) is 4.60. The molecule has 0 radical (unpaired) electrons. The van der Waals surface area contributed by atoms with Crippen LogP contribution in [0, 0.1) is 6.92 Å². The van der Waals surface area contributed by atoms with E-state index in [-0.39, 0.29) is 5.56 Å². The first-order chi connectivity index (χ1) is 18.6. The summed E-state index contributed by atoms with van der Waals surface area (Å²) in [5.74, 6) is 1.14. The van der Waals surface area contributed by atoms with Gasteiger partial charge in [0.1, 0.15) is 17.1 Å². The van der Waals surface area contributed by atoms with E-state index in [4.69, 9.17) is 9.72 Å². The second kappa shape index (κ2) is 10.1. The van der Waals surface area contributed by atoms with Gasteiger partial charge in [-0.2, -0.15) is 5.10 Å². The molecular formula is C31H29N5O2. The number of rotatable bonds is 6. The normalized spacial score (nSPS) is 14.0. The molecule has 0 atom stereocenters. The Kier molecular flexibility index (Phi) is 6.35. The number of aromatic nitrogens is 4. The van der Waals surface area contributed by atoms with E-state index in [9.17, 15) is 4.79 Å². The van der Waals surface area contributed by atoms with Crippen molar-refractivity contribution in [1.29, 1.82) is 0 Å². The van der Waals surface area contributed by atoms with Crippen LogP contribution in [-0.2, 0) is 6.54 Å². The first kappa shape index (κ1) is 23.9. The van der Waals surface area contributed by atoms with E-state index < -0.39 is 0 Å². The minimum Gasteiger partial charge on any atom is -0.496 e. The Labute approximate surface area is 221 Å². The zero-order chi connectivity index (χ0) is 26.1. The van der Waals surface area contributed by atoms with Gasteiger partial charge in [0.25, 0.3) is 5.56 Å². The van der Waals surface area contributed by atoms with Gasteiger partial charge in [-0.25, -0.2) is 9.67 Å². The number of ether oxygens (including phenoxy) is 1. The molecule has 7 nitrogen and oxygen atoms in total. The SMILES string of the molecule is COc1cc(C2=CCN(Cc3ccccc3)CC2)ccc1-c1nc2c(C)nn(-c3ccccc3)c2c(=O)[nH]1. The Morgan fingerprint density at radius 1 is 1.00 bits per heavy atom. The molecule has 38 heavy (non-hydrogen) atoms. The lowest BCUT2D eigenvalue weighted by Crippen LogP contribution is -2.27. The van der Waals surface area contributed by atoms with Crippen molar-refractivity contribution in [3.63, 3.8) is 0 Å². The van der Waals surface area contributed by atoms with Crippen LogP contribution in [0.5, 0.6) is 5.75 Å². The van der Waals surface area contributed by atoms with E-state index in [0.29, 0.717) is 28.3 Å². The highest BCUT2D eigenvalue weighted by Crippen LogP contribution is 2.33. The van der Waals surface area contributed by atoms with Crippen LogP contribution in [0.2, 0.25) is 0 Å². The third kappa shape index (κ3) is 4.53. The Bertz CT molecular complexity index is 1690. The average Bonchev–Trinajstić information content (AvgIpc) is 3.31. The molecular weight excluding hydrogens is 474 g/mol.